The molecule has 1 aromatic rings. The number of nitrogens with two attached hydrogens (primary N) is 1. The highest BCUT2D eigenvalue weighted by Crippen LogP contribution is 2.24. The zero-order valence-corrected chi connectivity index (χ0v) is 11.8. The van der Waals surface area contributed by atoms with Crippen molar-refractivity contribution in [3.63, 3.8) is 0 Å². The molecule has 1 aliphatic rings. The summed E-state index contributed by atoms with van der Waals surface area (Å²) >= 11 is 0. The Balaban J connectivity index is 2.01. The standard InChI is InChI=1S/C15H23N3O/c1-10(2)13-7-12(8-14(16)18-13)15(19)17-9-11-5-3-4-6-11/h7-8,10-11H,3-6,9H2,1-2H3,(H2,16,18)(H,17,19). The lowest BCUT2D eigenvalue weighted by atomic mass is 10.1. The van der Waals surface area contributed by atoms with Gasteiger partial charge in [-0.2, -0.15) is 0 Å². The van der Waals surface area contributed by atoms with Gasteiger partial charge in [0.1, 0.15) is 5.82 Å². The van der Waals surface area contributed by atoms with Crippen molar-refractivity contribution in [3.8, 4) is 0 Å². The molecule has 0 atom stereocenters. The van der Waals surface area contributed by atoms with Gasteiger partial charge in [-0.25, -0.2) is 4.98 Å². The van der Waals surface area contributed by atoms with Crippen molar-refractivity contribution in [2.75, 3.05) is 12.3 Å². The minimum Gasteiger partial charge on any atom is -0.384 e. The van der Waals surface area contributed by atoms with Crippen molar-refractivity contribution >= 4 is 11.7 Å². The van der Waals surface area contributed by atoms with Crippen molar-refractivity contribution in [3.05, 3.63) is 23.4 Å². The van der Waals surface area contributed by atoms with Gasteiger partial charge in [0.2, 0.25) is 0 Å². The summed E-state index contributed by atoms with van der Waals surface area (Å²) in [7, 11) is 0. The van der Waals surface area contributed by atoms with E-state index in [0.29, 0.717) is 17.3 Å². The average molecular weight is 261 g/mol. The number of hydrogen-bond donors (Lipinski definition) is 2. The molecular weight excluding hydrogens is 238 g/mol. The molecule has 1 heterocycles. The number of carbonyl (C=O) groups is 1. The summed E-state index contributed by atoms with van der Waals surface area (Å²) in [5, 5.41) is 3.01. The third-order valence-corrected chi connectivity index (χ3v) is 3.74. The van der Waals surface area contributed by atoms with Gasteiger partial charge in [-0.1, -0.05) is 26.7 Å². The highest BCUT2D eigenvalue weighted by atomic mass is 16.1. The number of nitrogens with one attached hydrogen (secondary N) is 1. The van der Waals surface area contributed by atoms with Gasteiger partial charge in [0.15, 0.2) is 0 Å². The number of rotatable bonds is 4. The summed E-state index contributed by atoms with van der Waals surface area (Å²) in [5.41, 5.74) is 7.25. The molecule has 0 unspecified atom stereocenters. The molecular formula is C15H23N3O. The predicted molar refractivity (Wildman–Crippen MR) is 77.0 cm³/mol. The Labute approximate surface area is 114 Å². The van der Waals surface area contributed by atoms with Crippen LogP contribution in [-0.4, -0.2) is 17.4 Å². The Kier molecular flexibility index (Phi) is 4.40. The maximum Gasteiger partial charge on any atom is 0.251 e. The number of hydrogen-bond acceptors (Lipinski definition) is 3. The number of nitrogen functional groups attached to an aromatic ring is 1. The van der Waals surface area contributed by atoms with E-state index in [1.807, 2.05) is 19.9 Å². The van der Waals surface area contributed by atoms with E-state index in [9.17, 15) is 4.79 Å². The van der Waals surface area contributed by atoms with Gasteiger partial charge in [-0.3, -0.25) is 4.79 Å². The molecule has 0 bridgehead atoms. The van der Waals surface area contributed by atoms with Crippen LogP contribution in [0, 0.1) is 5.92 Å². The molecule has 0 aromatic carbocycles. The molecule has 4 nitrogen and oxygen atoms in total. The predicted octanol–water partition coefficient (Wildman–Crippen LogP) is 2.71. The maximum atomic E-state index is 12.1. The maximum absolute atomic E-state index is 12.1. The molecule has 1 amide bonds. The molecule has 2 rings (SSSR count). The summed E-state index contributed by atoms with van der Waals surface area (Å²) in [6.45, 7) is 4.86. The highest BCUT2D eigenvalue weighted by Gasteiger charge is 2.17. The lowest BCUT2D eigenvalue weighted by Crippen LogP contribution is -2.28. The van der Waals surface area contributed by atoms with Crippen LogP contribution in [0.4, 0.5) is 5.82 Å². The van der Waals surface area contributed by atoms with E-state index in [0.717, 1.165) is 12.2 Å². The first-order chi connectivity index (χ1) is 9.06. The molecule has 1 fully saturated rings. The van der Waals surface area contributed by atoms with Crippen LogP contribution in [0.5, 0.6) is 0 Å². The van der Waals surface area contributed by atoms with Crippen LogP contribution in [0.15, 0.2) is 12.1 Å². The Morgan fingerprint density at radius 1 is 1.42 bits per heavy atom. The van der Waals surface area contributed by atoms with Crippen LogP contribution in [0.1, 0.15) is 61.5 Å². The first-order valence-corrected chi connectivity index (χ1v) is 7.12. The SMILES string of the molecule is CC(C)c1cc(C(=O)NCC2CCCC2)cc(N)n1. The van der Waals surface area contributed by atoms with Crippen molar-refractivity contribution in [2.24, 2.45) is 5.92 Å². The fourth-order valence-electron chi connectivity index (χ4n) is 2.55. The molecule has 104 valence electrons. The highest BCUT2D eigenvalue weighted by molar-refractivity contribution is 5.94. The zero-order valence-electron chi connectivity index (χ0n) is 11.8. The van der Waals surface area contributed by atoms with Crippen LogP contribution in [0.25, 0.3) is 0 Å². The van der Waals surface area contributed by atoms with Crippen LogP contribution in [0.3, 0.4) is 0 Å². The second-order valence-electron chi connectivity index (χ2n) is 5.72. The summed E-state index contributed by atoms with van der Waals surface area (Å²) in [6, 6.07) is 3.49. The molecule has 0 saturated heterocycles. The van der Waals surface area contributed by atoms with Crippen LogP contribution in [0.2, 0.25) is 0 Å². The quantitative estimate of drug-likeness (QED) is 0.875. The van der Waals surface area contributed by atoms with Gasteiger partial charge in [0.05, 0.1) is 0 Å². The molecule has 1 aromatic heterocycles. The molecule has 0 aliphatic heterocycles. The minimum atomic E-state index is -0.0390. The molecule has 1 saturated carbocycles. The zero-order chi connectivity index (χ0) is 13.8. The van der Waals surface area contributed by atoms with Crippen molar-refractivity contribution in [1.29, 1.82) is 0 Å². The largest absolute Gasteiger partial charge is 0.384 e. The average Bonchev–Trinajstić information content (AvgIpc) is 2.88. The molecule has 3 N–H and O–H groups in total. The lowest BCUT2D eigenvalue weighted by Gasteiger charge is -2.12. The van der Waals surface area contributed by atoms with Crippen LogP contribution in [-0.2, 0) is 0 Å². The summed E-state index contributed by atoms with van der Waals surface area (Å²) < 4.78 is 0. The van der Waals surface area contributed by atoms with E-state index >= 15 is 0 Å². The van der Waals surface area contributed by atoms with Gasteiger partial charge in [-0.15, -0.1) is 0 Å². The Morgan fingerprint density at radius 2 is 2.11 bits per heavy atom. The Hall–Kier alpha value is -1.58. The monoisotopic (exact) mass is 261 g/mol. The number of aromatic nitrogens is 1. The Bertz CT molecular complexity index is 451. The van der Waals surface area contributed by atoms with E-state index in [2.05, 4.69) is 10.3 Å². The fourth-order valence-corrected chi connectivity index (χ4v) is 2.55. The van der Waals surface area contributed by atoms with Crippen molar-refractivity contribution in [1.82, 2.24) is 10.3 Å². The van der Waals surface area contributed by atoms with Gasteiger partial charge in [0.25, 0.3) is 5.91 Å². The van der Waals surface area contributed by atoms with E-state index < -0.39 is 0 Å². The van der Waals surface area contributed by atoms with Crippen LogP contribution >= 0.6 is 0 Å². The molecule has 1 aliphatic carbocycles. The lowest BCUT2D eigenvalue weighted by molar-refractivity contribution is 0.0947. The van der Waals surface area contributed by atoms with Gasteiger partial charge < -0.3 is 11.1 Å². The second kappa shape index (κ2) is 6.04. The second-order valence-corrected chi connectivity index (χ2v) is 5.72. The number of amides is 1. The molecule has 19 heavy (non-hydrogen) atoms. The summed E-state index contributed by atoms with van der Waals surface area (Å²) in [5.74, 6) is 1.29. The third-order valence-electron chi connectivity index (χ3n) is 3.74. The topological polar surface area (TPSA) is 68.0 Å². The van der Waals surface area contributed by atoms with Gasteiger partial charge in [-0.05, 0) is 36.8 Å². The summed E-state index contributed by atoms with van der Waals surface area (Å²) in [6.07, 6.45) is 5.05. The van der Waals surface area contributed by atoms with Gasteiger partial charge in [0, 0.05) is 17.8 Å². The first-order valence-electron chi connectivity index (χ1n) is 7.12. The molecule has 0 spiro atoms. The number of anilines is 1. The van der Waals surface area contributed by atoms with Crippen LogP contribution < -0.4 is 11.1 Å². The van der Waals surface area contributed by atoms with E-state index in [4.69, 9.17) is 5.73 Å². The smallest absolute Gasteiger partial charge is 0.251 e. The minimum absolute atomic E-state index is 0.0390. The molecule has 0 radical (unpaired) electrons. The number of pyridine rings is 1. The Morgan fingerprint density at radius 3 is 2.74 bits per heavy atom. The van der Waals surface area contributed by atoms with E-state index in [1.54, 1.807) is 6.07 Å². The van der Waals surface area contributed by atoms with E-state index in [-0.39, 0.29) is 11.8 Å². The first kappa shape index (κ1) is 13.8. The number of carbonyl (C=O) groups excluding carboxylic acids is 1. The normalized spacial score (nSPS) is 15.9. The molecule has 4 heteroatoms. The van der Waals surface area contributed by atoms with Crippen molar-refractivity contribution < 1.29 is 4.79 Å². The number of nitrogens with zero attached hydrogens (tertiary/aromatic N) is 1. The fraction of sp³-hybridized carbons (Fsp3) is 0.600. The summed E-state index contributed by atoms with van der Waals surface area (Å²) in [4.78, 5) is 16.4. The van der Waals surface area contributed by atoms with E-state index in [1.165, 1.54) is 25.7 Å². The third kappa shape index (κ3) is 3.69. The van der Waals surface area contributed by atoms with Gasteiger partial charge >= 0.3 is 0 Å². The van der Waals surface area contributed by atoms with Crippen molar-refractivity contribution in [2.45, 2.75) is 45.4 Å².